The first-order valence-electron chi connectivity index (χ1n) is 16.9. The van der Waals surface area contributed by atoms with Crippen molar-refractivity contribution in [2.24, 2.45) is 5.92 Å². The molecule has 1 heterocycles. The molecule has 7 nitrogen and oxygen atoms in total. The number of nitrogens with one attached hydrogen (secondary N) is 3. The van der Waals surface area contributed by atoms with E-state index in [9.17, 15) is 9.90 Å². The van der Waals surface area contributed by atoms with Crippen molar-refractivity contribution in [1.82, 2.24) is 15.5 Å². The molecule has 248 valence electrons. The summed E-state index contributed by atoms with van der Waals surface area (Å²) < 4.78 is 5.90. The van der Waals surface area contributed by atoms with E-state index >= 15 is 0 Å². The molecule has 7 heteroatoms. The summed E-state index contributed by atoms with van der Waals surface area (Å²) in [5.74, 6) is -0.720. The Morgan fingerprint density at radius 1 is 0.957 bits per heavy atom. The molecule has 4 rings (SSSR count). The number of benzene rings is 2. The maximum absolute atomic E-state index is 12.3. The molecule has 1 saturated carbocycles. The third-order valence-electron chi connectivity index (χ3n) is 8.87. The van der Waals surface area contributed by atoms with Gasteiger partial charge in [-0.15, -0.1) is 0 Å². The average molecular weight is 627 g/mol. The molecule has 2 aromatic rings. The van der Waals surface area contributed by atoms with Crippen molar-refractivity contribution in [2.45, 2.75) is 78.3 Å². The standard InChI is InChI=1S/C39H54N4O3/c1-28(2)21-29(3)22-30(4)24-40-26-46-27-41-37-23-35(33-15-13-32(14-16-33)25-43-19-9-10-20-43)17-18-36(37)31(5)42-38(39(44)45)34-11-7-6-8-12-34/h13-18,21-23,34,38,40-42H,1,5-12,19-20,24-27H2,2-4H3,(H,44,45)/b29-21-,30-22-/t38-/m0/s1. The molecule has 0 spiro atoms. The van der Waals surface area contributed by atoms with E-state index in [2.05, 4.69) is 96.4 Å². The van der Waals surface area contributed by atoms with Crippen LogP contribution in [-0.2, 0) is 16.1 Å². The zero-order chi connectivity index (χ0) is 32.9. The molecule has 1 atom stereocenters. The van der Waals surface area contributed by atoms with E-state index in [0.29, 0.717) is 19.0 Å². The van der Waals surface area contributed by atoms with Crippen LogP contribution in [0.5, 0.6) is 0 Å². The quantitative estimate of drug-likeness (QED) is 0.0806. The van der Waals surface area contributed by atoms with Crippen LogP contribution in [0.4, 0.5) is 5.69 Å². The lowest BCUT2D eigenvalue weighted by Crippen LogP contribution is -2.42. The molecular weight excluding hydrogens is 572 g/mol. The lowest BCUT2D eigenvalue weighted by molar-refractivity contribution is -0.140. The number of hydrogen-bond donors (Lipinski definition) is 4. The predicted octanol–water partition coefficient (Wildman–Crippen LogP) is 7.95. The van der Waals surface area contributed by atoms with Crippen molar-refractivity contribution in [3.63, 3.8) is 0 Å². The zero-order valence-electron chi connectivity index (χ0n) is 28.2. The largest absolute Gasteiger partial charge is 0.480 e. The van der Waals surface area contributed by atoms with Gasteiger partial charge in [0.2, 0.25) is 0 Å². The Hall–Kier alpha value is -3.65. The summed E-state index contributed by atoms with van der Waals surface area (Å²) in [5.41, 5.74) is 9.24. The topological polar surface area (TPSA) is 85.9 Å². The minimum absolute atomic E-state index is 0.102. The van der Waals surface area contributed by atoms with E-state index in [1.165, 1.54) is 49.1 Å². The highest BCUT2D eigenvalue weighted by Crippen LogP contribution is 2.32. The summed E-state index contributed by atoms with van der Waals surface area (Å²) in [6.45, 7) is 19.1. The van der Waals surface area contributed by atoms with Crippen molar-refractivity contribution in [3.05, 3.63) is 95.6 Å². The van der Waals surface area contributed by atoms with Gasteiger partial charge in [0, 0.05) is 30.0 Å². The molecule has 1 aliphatic carbocycles. The summed E-state index contributed by atoms with van der Waals surface area (Å²) in [5, 5.41) is 20.1. The number of carboxylic acids is 1. The van der Waals surface area contributed by atoms with Gasteiger partial charge < -0.3 is 20.5 Å². The van der Waals surface area contributed by atoms with Crippen LogP contribution in [0.3, 0.4) is 0 Å². The predicted molar refractivity (Wildman–Crippen MR) is 191 cm³/mol. The van der Waals surface area contributed by atoms with Gasteiger partial charge in [0.15, 0.2) is 0 Å². The third-order valence-corrected chi connectivity index (χ3v) is 8.87. The van der Waals surface area contributed by atoms with Gasteiger partial charge in [0.1, 0.15) is 12.8 Å². The van der Waals surface area contributed by atoms with Crippen LogP contribution >= 0.6 is 0 Å². The molecular formula is C39H54N4O3. The molecule has 1 saturated heterocycles. The van der Waals surface area contributed by atoms with Crippen molar-refractivity contribution in [3.8, 4) is 11.1 Å². The van der Waals surface area contributed by atoms with Gasteiger partial charge in [-0.25, -0.2) is 4.79 Å². The summed E-state index contributed by atoms with van der Waals surface area (Å²) in [7, 11) is 0. The maximum atomic E-state index is 12.3. The SMILES string of the molecule is C=C(C)/C=C(C)\C=C(\C)CNCOCNc1cc(-c2ccc(CN3CCCC3)cc2)ccc1C(=C)N[C@H](C(=O)O)C1CCCCC1. The highest BCUT2D eigenvalue weighted by Gasteiger charge is 2.30. The maximum Gasteiger partial charge on any atom is 0.326 e. The molecule has 0 radical (unpaired) electrons. The van der Waals surface area contributed by atoms with Crippen molar-refractivity contribution >= 4 is 17.4 Å². The Morgan fingerprint density at radius 3 is 2.33 bits per heavy atom. The van der Waals surface area contributed by atoms with E-state index in [-0.39, 0.29) is 12.6 Å². The third kappa shape index (κ3) is 11.0. The van der Waals surface area contributed by atoms with Gasteiger partial charge in [-0.3, -0.25) is 10.2 Å². The number of carbonyl (C=O) groups is 1. The second kappa shape index (κ2) is 17.9. The second-order valence-electron chi connectivity index (χ2n) is 13.1. The van der Waals surface area contributed by atoms with Crippen molar-refractivity contribution < 1.29 is 14.6 Å². The Kier molecular flexibility index (Phi) is 13.7. The number of likely N-dealkylation sites (tertiary alicyclic amines) is 1. The van der Waals surface area contributed by atoms with Crippen LogP contribution in [0.1, 0.15) is 76.8 Å². The Bertz CT molecular complexity index is 1380. The van der Waals surface area contributed by atoms with Crippen LogP contribution < -0.4 is 16.0 Å². The van der Waals surface area contributed by atoms with E-state index in [0.717, 1.165) is 60.2 Å². The zero-order valence-corrected chi connectivity index (χ0v) is 28.2. The molecule has 0 amide bonds. The fraction of sp³-hybridized carbons (Fsp3) is 0.462. The highest BCUT2D eigenvalue weighted by atomic mass is 16.5. The first-order valence-corrected chi connectivity index (χ1v) is 16.9. The molecule has 2 aliphatic rings. The summed E-state index contributed by atoms with van der Waals surface area (Å²) in [6, 6.07) is 14.4. The van der Waals surface area contributed by atoms with Gasteiger partial charge in [-0.1, -0.05) is 97.7 Å². The summed E-state index contributed by atoms with van der Waals surface area (Å²) in [4.78, 5) is 14.8. The number of ether oxygens (including phenoxy) is 1. The van der Waals surface area contributed by atoms with Crippen molar-refractivity contribution in [2.75, 3.05) is 38.4 Å². The van der Waals surface area contributed by atoms with Gasteiger partial charge >= 0.3 is 5.97 Å². The van der Waals surface area contributed by atoms with Gasteiger partial charge in [0.05, 0.1) is 6.73 Å². The molecule has 1 aliphatic heterocycles. The minimum atomic E-state index is -0.822. The van der Waals surface area contributed by atoms with Gasteiger partial charge in [0.25, 0.3) is 0 Å². The lowest BCUT2D eigenvalue weighted by atomic mass is 9.83. The Balaban J connectivity index is 1.44. The summed E-state index contributed by atoms with van der Waals surface area (Å²) in [6.07, 6.45) is 12.0. The number of hydrogen-bond acceptors (Lipinski definition) is 6. The number of anilines is 1. The highest BCUT2D eigenvalue weighted by molar-refractivity contribution is 5.82. The van der Waals surface area contributed by atoms with E-state index in [1.54, 1.807) is 0 Å². The lowest BCUT2D eigenvalue weighted by Gasteiger charge is -2.30. The monoisotopic (exact) mass is 626 g/mol. The number of nitrogens with zero attached hydrogens (tertiary/aromatic N) is 1. The molecule has 2 aromatic carbocycles. The second-order valence-corrected chi connectivity index (χ2v) is 13.1. The van der Waals surface area contributed by atoms with Crippen LogP contribution in [-0.4, -0.2) is 55.1 Å². The molecule has 0 unspecified atom stereocenters. The first-order chi connectivity index (χ1) is 22.2. The molecule has 0 aromatic heterocycles. The fourth-order valence-electron chi connectivity index (χ4n) is 6.62. The van der Waals surface area contributed by atoms with Crippen LogP contribution in [0.15, 0.2) is 84.5 Å². The number of allylic oxidation sites excluding steroid dienone is 4. The Labute approximate surface area is 276 Å². The number of carboxylic acid groups (broad SMARTS) is 1. The molecule has 2 fully saturated rings. The first kappa shape index (κ1) is 35.2. The van der Waals surface area contributed by atoms with Crippen LogP contribution in [0.2, 0.25) is 0 Å². The number of rotatable bonds is 17. The minimum Gasteiger partial charge on any atom is -0.480 e. The Morgan fingerprint density at radius 2 is 1.65 bits per heavy atom. The van der Waals surface area contributed by atoms with Crippen molar-refractivity contribution in [1.29, 1.82) is 0 Å². The van der Waals surface area contributed by atoms with Crippen LogP contribution in [0.25, 0.3) is 16.8 Å². The normalized spacial score (nSPS) is 17.1. The van der Waals surface area contributed by atoms with E-state index in [1.807, 2.05) is 13.0 Å². The number of aliphatic carboxylic acids is 1. The smallest absolute Gasteiger partial charge is 0.326 e. The molecule has 46 heavy (non-hydrogen) atoms. The summed E-state index contributed by atoms with van der Waals surface area (Å²) >= 11 is 0. The fourth-order valence-corrected chi connectivity index (χ4v) is 6.62. The van der Waals surface area contributed by atoms with Crippen LogP contribution in [0, 0.1) is 5.92 Å². The average Bonchev–Trinajstić information content (AvgIpc) is 3.54. The molecule has 0 bridgehead atoms. The van der Waals surface area contributed by atoms with Gasteiger partial charge in [-0.2, -0.15) is 0 Å². The van der Waals surface area contributed by atoms with E-state index in [4.69, 9.17) is 4.74 Å². The van der Waals surface area contributed by atoms with Gasteiger partial charge in [-0.05, 0) is 88.2 Å². The molecule has 4 N–H and O–H groups in total. The van der Waals surface area contributed by atoms with E-state index < -0.39 is 12.0 Å².